The highest BCUT2D eigenvalue weighted by atomic mass is 16.3. The summed E-state index contributed by atoms with van der Waals surface area (Å²) in [6.45, 7) is 5.53. The Labute approximate surface area is 60.5 Å². The van der Waals surface area contributed by atoms with Crippen LogP contribution in [0.3, 0.4) is 0 Å². The second-order valence-electron chi connectivity index (χ2n) is 2.56. The molecular weight excluding hydrogens is 128 g/mol. The topological polar surface area (TPSA) is 33.4 Å². The van der Waals surface area contributed by atoms with E-state index >= 15 is 0 Å². The zero-order chi connectivity index (χ0) is 7.72. The second-order valence-corrected chi connectivity index (χ2v) is 2.56. The van der Waals surface area contributed by atoms with Crippen molar-refractivity contribution >= 4 is 0 Å². The first-order valence-corrected chi connectivity index (χ1v) is 3.35. The summed E-state index contributed by atoms with van der Waals surface area (Å²) in [6, 6.07) is 0. The number of hydrogen-bond acceptors (Lipinski definition) is 2. The van der Waals surface area contributed by atoms with Crippen LogP contribution in [0.25, 0.3) is 0 Å². The number of rotatable bonds is 1. The van der Waals surface area contributed by atoms with Gasteiger partial charge in [0, 0.05) is 5.56 Å². The number of hydrogen-bond donors (Lipinski definition) is 1. The Kier molecular flexibility index (Phi) is 1.81. The van der Waals surface area contributed by atoms with E-state index in [1.165, 1.54) is 0 Å². The van der Waals surface area contributed by atoms with Gasteiger partial charge in [0.25, 0.3) is 0 Å². The zero-order valence-electron chi connectivity index (χ0n) is 6.51. The molecule has 0 fully saturated rings. The lowest BCUT2D eigenvalue weighted by molar-refractivity contribution is 0.196. The van der Waals surface area contributed by atoms with Gasteiger partial charge in [0.2, 0.25) is 0 Å². The molecule has 1 aromatic rings. The molecule has 0 aliphatic rings. The molecule has 1 N–H and O–H groups in total. The van der Waals surface area contributed by atoms with Gasteiger partial charge in [0.05, 0.1) is 12.4 Å². The summed E-state index contributed by atoms with van der Waals surface area (Å²) in [5, 5.41) is 9.21. The van der Waals surface area contributed by atoms with E-state index in [2.05, 4.69) is 0 Å². The van der Waals surface area contributed by atoms with E-state index in [1.807, 2.05) is 13.8 Å². The SMILES string of the molecule is Cc1coc(C)c1[C@@H](C)O. The first kappa shape index (κ1) is 7.35. The van der Waals surface area contributed by atoms with Crippen molar-refractivity contribution in [1.29, 1.82) is 0 Å². The average molecular weight is 140 g/mol. The highest BCUT2D eigenvalue weighted by molar-refractivity contribution is 5.27. The molecule has 1 heterocycles. The molecule has 56 valence electrons. The van der Waals surface area contributed by atoms with Gasteiger partial charge in [0.15, 0.2) is 0 Å². The van der Waals surface area contributed by atoms with Crippen molar-refractivity contribution in [1.82, 2.24) is 0 Å². The normalized spacial score (nSPS) is 13.6. The predicted octanol–water partition coefficient (Wildman–Crippen LogP) is 1.95. The molecule has 2 nitrogen and oxygen atoms in total. The third-order valence-electron chi connectivity index (χ3n) is 1.63. The minimum Gasteiger partial charge on any atom is -0.469 e. The maximum absolute atomic E-state index is 9.21. The van der Waals surface area contributed by atoms with Crippen molar-refractivity contribution in [3.05, 3.63) is 23.2 Å². The molecule has 0 aromatic carbocycles. The first-order valence-electron chi connectivity index (χ1n) is 3.35. The van der Waals surface area contributed by atoms with Crippen molar-refractivity contribution in [2.45, 2.75) is 26.9 Å². The Balaban J connectivity index is 3.10. The lowest BCUT2D eigenvalue weighted by atomic mass is 10.1. The summed E-state index contributed by atoms with van der Waals surface area (Å²) >= 11 is 0. The molecule has 1 aromatic heterocycles. The van der Waals surface area contributed by atoms with Crippen LogP contribution in [-0.2, 0) is 0 Å². The Bertz CT molecular complexity index is 204. The van der Waals surface area contributed by atoms with Gasteiger partial charge in [-0.1, -0.05) is 0 Å². The molecular formula is C8H12O2. The van der Waals surface area contributed by atoms with Gasteiger partial charge < -0.3 is 9.52 Å². The summed E-state index contributed by atoms with van der Waals surface area (Å²) in [4.78, 5) is 0. The summed E-state index contributed by atoms with van der Waals surface area (Å²) in [5.41, 5.74) is 1.94. The molecule has 0 aliphatic heterocycles. The molecule has 0 saturated heterocycles. The van der Waals surface area contributed by atoms with E-state index < -0.39 is 6.10 Å². The molecule has 0 unspecified atom stereocenters. The van der Waals surface area contributed by atoms with Crippen molar-refractivity contribution in [2.24, 2.45) is 0 Å². The van der Waals surface area contributed by atoms with Crippen molar-refractivity contribution < 1.29 is 9.52 Å². The Hall–Kier alpha value is -0.760. The van der Waals surface area contributed by atoms with Crippen molar-refractivity contribution in [3.8, 4) is 0 Å². The average Bonchev–Trinajstić information content (AvgIpc) is 2.11. The minimum absolute atomic E-state index is 0.418. The third-order valence-corrected chi connectivity index (χ3v) is 1.63. The smallest absolute Gasteiger partial charge is 0.106 e. The Morgan fingerprint density at radius 3 is 2.30 bits per heavy atom. The van der Waals surface area contributed by atoms with E-state index in [1.54, 1.807) is 13.2 Å². The van der Waals surface area contributed by atoms with Crippen LogP contribution in [0.15, 0.2) is 10.7 Å². The summed E-state index contributed by atoms with van der Waals surface area (Å²) in [7, 11) is 0. The Morgan fingerprint density at radius 2 is 2.10 bits per heavy atom. The molecule has 0 radical (unpaired) electrons. The third kappa shape index (κ3) is 1.07. The van der Waals surface area contributed by atoms with E-state index in [0.29, 0.717) is 0 Å². The molecule has 2 heteroatoms. The fraction of sp³-hybridized carbons (Fsp3) is 0.500. The van der Waals surface area contributed by atoms with Crippen molar-refractivity contribution in [2.75, 3.05) is 0 Å². The zero-order valence-corrected chi connectivity index (χ0v) is 6.51. The van der Waals surface area contributed by atoms with E-state index in [9.17, 15) is 5.11 Å². The molecule has 0 spiro atoms. The van der Waals surface area contributed by atoms with E-state index in [4.69, 9.17) is 4.42 Å². The van der Waals surface area contributed by atoms with Crippen LogP contribution < -0.4 is 0 Å². The van der Waals surface area contributed by atoms with Gasteiger partial charge in [0.1, 0.15) is 5.76 Å². The maximum Gasteiger partial charge on any atom is 0.106 e. The quantitative estimate of drug-likeness (QED) is 0.646. The fourth-order valence-electron chi connectivity index (χ4n) is 1.21. The van der Waals surface area contributed by atoms with Gasteiger partial charge in [-0.05, 0) is 26.3 Å². The predicted molar refractivity (Wildman–Crippen MR) is 38.8 cm³/mol. The summed E-state index contributed by atoms with van der Waals surface area (Å²) < 4.78 is 5.10. The van der Waals surface area contributed by atoms with Crippen LogP contribution in [0.4, 0.5) is 0 Å². The van der Waals surface area contributed by atoms with Crippen LogP contribution in [0.2, 0.25) is 0 Å². The van der Waals surface area contributed by atoms with Crippen LogP contribution >= 0.6 is 0 Å². The summed E-state index contributed by atoms with van der Waals surface area (Å²) in [5.74, 6) is 0.813. The van der Waals surface area contributed by atoms with Crippen LogP contribution in [-0.4, -0.2) is 5.11 Å². The fourth-order valence-corrected chi connectivity index (χ4v) is 1.21. The van der Waals surface area contributed by atoms with Gasteiger partial charge in [-0.3, -0.25) is 0 Å². The number of furan rings is 1. The number of aryl methyl sites for hydroxylation is 2. The largest absolute Gasteiger partial charge is 0.469 e. The molecule has 0 saturated carbocycles. The molecule has 1 atom stereocenters. The second kappa shape index (κ2) is 2.46. The first-order chi connectivity index (χ1) is 4.63. The van der Waals surface area contributed by atoms with Gasteiger partial charge >= 0.3 is 0 Å². The monoisotopic (exact) mass is 140 g/mol. The lowest BCUT2D eigenvalue weighted by Crippen LogP contribution is -1.92. The minimum atomic E-state index is -0.418. The number of aliphatic hydroxyl groups is 1. The van der Waals surface area contributed by atoms with Crippen molar-refractivity contribution in [3.63, 3.8) is 0 Å². The molecule has 0 aliphatic carbocycles. The van der Waals surface area contributed by atoms with Gasteiger partial charge in [-0.25, -0.2) is 0 Å². The highest BCUT2D eigenvalue weighted by Crippen LogP contribution is 2.22. The van der Waals surface area contributed by atoms with Gasteiger partial charge in [-0.2, -0.15) is 0 Å². The van der Waals surface area contributed by atoms with E-state index in [0.717, 1.165) is 16.9 Å². The number of aliphatic hydroxyl groups excluding tert-OH is 1. The van der Waals surface area contributed by atoms with Gasteiger partial charge in [-0.15, -0.1) is 0 Å². The molecule has 0 amide bonds. The molecule has 1 rings (SSSR count). The lowest BCUT2D eigenvalue weighted by Gasteiger charge is -2.02. The van der Waals surface area contributed by atoms with E-state index in [-0.39, 0.29) is 0 Å². The maximum atomic E-state index is 9.21. The highest BCUT2D eigenvalue weighted by Gasteiger charge is 2.10. The standard InChI is InChI=1S/C8H12O2/c1-5-4-10-7(3)8(5)6(2)9/h4,6,9H,1-3H3/t6-/m1/s1. The van der Waals surface area contributed by atoms with Crippen LogP contribution in [0.5, 0.6) is 0 Å². The van der Waals surface area contributed by atoms with Crippen LogP contribution in [0.1, 0.15) is 29.9 Å². The molecule has 0 bridgehead atoms. The Morgan fingerprint density at radius 1 is 1.50 bits per heavy atom. The van der Waals surface area contributed by atoms with Crippen LogP contribution in [0, 0.1) is 13.8 Å². The summed E-state index contributed by atoms with van der Waals surface area (Å²) in [6.07, 6.45) is 1.25. The molecule has 10 heavy (non-hydrogen) atoms.